The van der Waals surface area contributed by atoms with Crippen LogP contribution in [0.2, 0.25) is 0 Å². The van der Waals surface area contributed by atoms with Crippen molar-refractivity contribution in [1.82, 2.24) is 4.98 Å². The highest BCUT2D eigenvalue weighted by atomic mass is 32.1. The van der Waals surface area contributed by atoms with Gasteiger partial charge in [0.2, 0.25) is 0 Å². The molecule has 0 radical (unpaired) electrons. The first-order chi connectivity index (χ1) is 12.8. The topological polar surface area (TPSA) is 56.3 Å². The van der Waals surface area contributed by atoms with Crippen LogP contribution in [0.25, 0.3) is 10.6 Å². The lowest BCUT2D eigenvalue weighted by atomic mass is 10.1. The SMILES string of the molecule is Cc1nc(-c2ccc(F)cc2)sc1C(=O)OCC(=O)c1ccc(F)c(F)c1. The third-order valence-electron chi connectivity index (χ3n) is 3.65. The number of carbonyl (C=O) groups is 2. The van der Waals surface area contributed by atoms with Gasteiger partial charge in [0.1, 0.15) is 15.7 Å². The highest BCUT2D eigenvalue weighted by Gasteiger charge is 2.19. The fourth-order valence-corrected chi connectivity index (χ4v) is 3.22. The number of thiazole rings is 1. The Labute approximate surface area is 156 Å². The van der Waals surface area contributed by atoms with E-state index in [0.717, 1.165) is 29.5 Å². The molecule has 0 N–H and O–H groups in total. The molecule has 0 aliphatic carbocycles. The van der Waals surface area contributed by atoms with Gasteiger partial charge in [-0.3, -0.25) is 4.79 Å². The van der Waals surface area contributed by atoms with Crippen LogP contribution in [0.4, 0.5) is 13.2 Å². The fraction of sp³-hybridized carbons (Fsp3) is 0.105. The molecule has 3 rings (SSSR count). The Morgan fingerprint density at radius 2 is 1.74 bits per heavy atom. The molecule has 0 unspecified atom stereocenters. The molecule has 3 aromatic rings. The molecule has 1 aromatic heterocycles. The van der Waals surface area contributed by atoms with E-state index in [4.69, 9.17) is 4.74 Å². The van der Waals surface area contributed by atoms with Crippen molar-refractivity contribution < 1.29 is 27.5 Å². The summed E-state index contributed by atoms with van der Waals surface area (Å²) in [7, 11) is 0. The van der Waals surface area contributed by atoms with Crippen molar-refractivity contribution in [3.05, 3.63) is 76.1 Å². The second kappa shape index (κ2) is 7.71. The number of ether oxygens (including phenoxy) is 1. The number of hydrogen-bond acceptors (Lipinski definition) is 5. The second-order valence-corrected chi connectivity index (χ2v) is 6.57. The third-order valence-corrected chi connectivity index (χ3v) is 4.84. The molecule has 0 bridgehead atoms. The third kappa shape index (κ3) is 4.22. The summed E-state index contributed by atoms with van der Waals surface area (Å²) in [5.41, 5.74) is 0.945. The Balaban J connectivity index is 1.70. The standard InChI is InChI=1S/C19H12F3NO3S/c1-10-17(27-18(23-10)11-2-5-13(20)6-3-11)19(25)26-9-16(24)12-4-7-14(21)15(22)8-12/h2-8H,9H2,1H3. The summed E-state index contributed by atoms with van der Waals surface area (Å²) in [5, 5.41) is 0.506. The number of benzene rings is 2. The zero-order valence-corrected chi connectivity index (χ0v) is 14.8. The molecular weight excluding hydrogens is 379 g/mol. The molecule has 4 nitrogen and oxygen atoms in total. The maximum absolute atomic E-state index is 13.2. The van der Waals surface area contributed by atoms with E-state index in [1.807, 2.05) is 0 Å². The highest BCUT2D eigenvalue weighted by Crippen LogP contribution is 2.28. The largest absolute Gasteiger partial charge is 0.453 e. The summed E-state index contributed by atoms with van der Waals surface area (Å²) in [6.45, 7) is 0.990. The summed E-state index contributed by atoms with van der Waals surface area (Å²) in [6, 6.07) is 8.32. The zero-order chi connectivity index (χ0) is 19.6. The molecule has 0 aliphatic rings. The molecule has 8 heteroatoms. The number of carbonyl (C=O) groups excluding carboxylic acids is 2. The van der Waals surface area contributed by atoms with Crippen LogP contribution in [0.1, 0.15) is 25.7 Å². The molecule has 0 amide bonds. The predicted octanol–water partition coefficient (Wildman–Crippen LogP) is 4.58. The van der Waals surface area contributed by atoms with E-state index in [9.17, 15) is 22.8 Å². The molecule has 0 spiro atoms. The van der Waals surface area contributed by atoms with Crippen LogP contribution < -0.4 is 0 Å². The van der Waals surface area contributed by atoms with Crippen molar-refractivity contribution in [3.8, 4) is 10.6 Å². The van der Waals surface area contributed by atoms with Crippen LogP contribution in [-0.2, 0) is 4.74 Å². The summed E-state index contributed by atoms with van der Waals surface area (Å²) >= 11 is 1.05. The number of ketones is 1. The molecule has 0 atom stereocenters. The van der Waals surface area contributed by atoms with E-state index in [0.29, 0.717) is 16.3 Å². The molecule has 0 saturated heterocycles. The average Bonchev–Trinajstić information content (AvgIpc) is 3.04. The van der Waals surface area contributed by atoms with E-state index >= 15 is 0 Å². The van der Waals surface area contributed by atoms with Gasteiger partial charge in [-0.1, -0.05) is 0 Å². The van der Waals surface area contributed by atoms with Gasteiger partial charge < -0.3 is 4.74 Å². The predicted molar refractivity (Wildman–Crippen MR) is 93.2 cm³/mol. The number of rotatable bonds is 5. The summed E-state index contributed by atoms with van der Waals surface area (Å²) in [4.78, 5) is 28.7. The van der Waals surface area contributed by atoms with Gasteiger partial charge in [-0.2, -0.15) is 0 Å². The lowest BCUT2D eigenvalue weighted by Gasteiger charge is -2.04. The minimum Gasteiger partial charge on any atom is -0.453 e. The van der Waals surface area contributed by atoms with Gasteiger partial charge in [-0.15, -0.1) is 11.3 Å². The summed E-state index contributed by atoms with van der Waals surface area (Å²) in [5.74, 6) is -4.04. The molecule has 1 heterocycles. The van der Waals surface area contributed by atoms with E-state index in [1.165, 1.54) is 24.3 Å². The minimum absolute atomic E-state index is 0.102. The number of nitrogens with zero attached hydrogens (tertiary/aromatic N) is 1. The average molecular weight is 391 g/mol. The Bertz CT molecular complexity index is 1020. The molecule has 0 fully saturated rings. The Morgan fingerprint density at radius 3 is 2.41 bits per heavy atom. The molecule has 2 aromatic carbocycles. The molecule has 0 saturated carbocycles. The number of halogens is 3. The molecule has 0 aliphatic heterocycles. The molecule has 138 valence electrons. The van der Waals surface area contributed by atoms with Gasteiger partial charge in [0.05, 0.1) is 5.69 Å². The Hall–Kier alpha value is -3.00. The van der Waals surface area contributed by atoms with Gasteiger partial charge in [-0.25, -0.2) is 22.9 Å². The maximum Gasteiger partial charge on any atom is 0.350 e. The first-order valence-corrected chi connectivity index (χ1v) is 8.55. The monoisotopic (exact) mass is 391 g/mol. The zero-order valence-electron chi connectivity index (χ0n) is 14.0. The van der Waals surface area contributed by atoms with Crippen LogP contribution in [0.5, 0.6) is 0 Å². The van der Waals surface area contributed by atoms with Crippen molar-refractivity contribution in [2.45, 2.75) is 6.92 Å². The highest BCUT2D eigenvalue weighted by molar-refractivity contribution is 7.17. The molecule has 27 heavy (non-hydrogen) atoms. The van der Waals surface area contributed by atoms with Crippen molar-refractivity contribution in [3.63, 3.8) is 0 Å². The van der Waals surface area contributed by atoms with Crippen molar-refractivity contribution in [2.24, 2.45) is 0 Å². The van der Waals surface area contributed by atoms with E-state index in [-0.39, 0.29) is 16.3 Å². The number of esters is 1. The van der Waals surface area contributed by atoms with Gasteiger partial charge in [-0.05, 0) is 49.4 Å². The van der Waals surface area contributed by atoms with E-state index in [1.54, 1.807) is 6.92 Å². The van der Waals surface area contributed by atoms with Crippen molar-refractivity contribution >= 4 is 23.1 Å². The Kier molecular flexibility index (Phi) is 5.36. The number of Topliss-reactive ketones (excluding diaryl/α,β-unsaturated/α-hetero) is 1. The Morgan fingerprint density at radius 1 is 1.04 bits per heavy atom. The molecular formula is C19H12F3NO3S. The van der Waals surface area contributed by atoms with Gasteiger partial charge >= 0.3 is 5.97 Å². The minimum atomic E-state index is -1.16. The fourth-order valence-electron chi connectivity index (χ4n) is 2.25. The quantitative estimate of drug-likeness (QED) is 0.472. The van der Waals surface area contributed by atoms with E-state index < -0.39 is 30.0 Å². The van der Waals surface area contributed by atoms with Crippen LogP contribution in [0.3, 0.4) is 0 Å². The number of hydrogen-bond donors (Lipinski definition) is 0. The smallest absolute Gasteiger partial charge is 0.350 e. The number of aromatic nitrogens is 1. The van der Waals surface area contributed by atoms with Gasteiger partial charge in [0, 0.05) is 11.1 Å². The van der Waals surface area contributed by atoms with E-state index in [2.05, 4.69) is 4.98 Å². The number of aryl methyl sites for hydroxylation is 1. The van der Waals surface area contributed by atoms with Gasteiger partial charge in [0.25, 0.3) is 0 Å². The summed E-state index contributed by atoms with van der Waals surface area (Å²) in [6.07, 6.45) is 0. The van der Waals surface area contributed by atoms with Crippen LogP contribution in [0, 0.1) is 24.4 Å². The lowest BCUT2D eigenvalue weighted by Crippen LogP contribution is -2.14. The maximum atomic E-state index is 13.2. The van der Waals surface area contributed by atoms with Crippen LogP contribution in [0.15, 0.2) is 42.5 Å². The normalized spacial score (nSPS) is 10.7. The first-order valence-electron chi connectivity index (χ1n) is 7.74. The van der Waals surface area contributed by atoms with Crippen LogP contribution >= 0.6 is 11.3 Å². The van der Waals surface area contributed by atoms with Crippen molar-refractivity contribution in [1.29, 1.82) is 0 Å². The van der Waals surface area contributed by atoms with Crippen molar-refractivity contribution in [2.75, 3.05) is 6.61 Å². The second-order valence-electron chi connectivity index (χ2n) is 5.57. The first kappa shape index (κ1) is 18.8. The lowest BCUT2D eigenvalue weighted by molar-refractivity contribution is 0.0478. The van der Waals surface area contributed by atoms with Gasteiger partial charge in [0.15, 0.2) is 24.0 Å². The summed E-state index contributed by atoms with van der Waals surface area (Å²) < 4.78 is 44.1. The van der Waals surface area contributed by atoms with Crippen LogP contribution in [-0.4, -0.2) is 23.3 Å².